The summed E-state index contributed by atoms with van der Waals surface area (Å²) in [7, 11) is 1.20. The fourth-order valence-electron chi connectivity index (χ4n) is 12.3. The third-order valence-corrected chi connectivity index (χ3v) is 16.9. The van der Waals surface area contributed by atoms with Gasteiger partial charge in [0.25, 0.3) is 0 Å². The van der Waals surface area contributed by atoms with E-state index >= 15 is 19.2 Å². The smallest absolute Gasteiger partial charge is 0.419 e. The highest BCUT2D eigenvalue weighted by Gasteiger charge is 2.45. The number of aromatic nitrogens is 3. The number of carbonyl (C=O) groups is 10. The van der Waals surface area contributed by atoms with Crippen LogP contribution >= 0.6 is 0 Å². The summed E-state index contributed by atoms with van der Waals surface area (Å²) in [4.78, 5) is 150. The van der Waals surface area contributed by atoms with Gasteiger partial charge in [0.15, 0.2) is 0 Å². The number of methoxy groups -OCH3 is 1. The van der Waals surface area contributed by atoms with Gasteiger partial charge in [0, 0.05) is 43.5 Å². The van der Waals surface area contributed by atoms with Crippen LogP contribution < -0.4 is 36.6 Å². The summed E-state index contributed by atoms with van der Waals surface area (Å²) < 4.78 is 31.9. The minimum atomic E-state index is -1.69. The van der Waals surface area contributed by atoms with Gasteiger partial charge in [0.1, 0.15) is 64.3 Å². The number of esters is 1. The van der Waals surface area contributed by atoms with Crippen molar-refractivity contribution in [3.05, 3.63) is 192 Å². The molecule has 0 spiro atoms. The molecule has 0 aliphatic carbocycles. The van der Waals surface area contributed by atoms with Gasteiger partial charge in [-0.3, -0.25) is 38.1 Å². The molecule has 6 atom stereocenters. The zero-order valence-electron chi connectivity index (χ0n) is 62.6. The molecule has 2 aromatic heterocycles. The quantitative estimate of drug-likeness (QED) is 0.0151. The van der Waals surface area contributed by atoms with Gasteiger partial charge >= 0.3 is 18.2 Å². The third kappa shape index (κ3) is 21.9. The number of nitrogens with zero attached hydrogens (tertiary/aromatic N) is 4. The number of likely N-dealkylation sites (tertiary alicyclic amines) is 1. The Hall–Kier alpha value is -10.7. The van der Waals surface area contributed by atoms with Gasteiger partial charge in [-0.25, -0.2) is 24.3 Å². The standard InChI is InChI=1S/C80H100N10O15/c1-50(2)41-62(73(98)101-15)83-66(91)45-81-68(93)59(42-51-35-37-57(38-36-51)103-77(6,7)8)84-71(96)63(48-102-76(3,4)5)87-69(94)60(43-52-46-89(74(99)104-78(9,10)11)64-34-26-25-33-58(52)64)85-70(95)61(86-72(97)65-39-40-67(92)90(65)75(100)105-79(12,13)14)44-56-47-88(49-82-56)80(53-27-19-16-20-28-53,54-29-21-17-22-30-54)55-31-23-18-24-32-55/h16-38,46-47,49-50,59-63,65H,39-45,48H2,1-15H3,(H,81,93)(H,83,91)(H,84,96)(H,85,95)(H,86,97)(H,87,94)/t59-,60-,61-,62-,63-,65-/m0/s1. The molecule has 1 saturated heterocycles. The Morgan fingerprint density at radius 2 is 1.06 bits per heavy atom. The molecule has 105 heavy (non-hydrogen) atoms. The molecule has 1 aliphatic rings. The van der Waals surface area contributed by atoms with E-state index in [-0.39, 0.29) is 50.1 Å². The number of nitrogens with one attached hydrogen (secondary N) is 6. The number of carbonyl (C=O) groups excluding carboxylic acids is 10. The molecule has 5 aromatic carbocycles. The van der Waals surface area contributed by atoms with Crippen molar-refractivity contribution in [1.82, 2.24) is 50.9 Å². The van der Waals surface area contributed by atoms with Crippen LogP contribution in [-0.2, 0) is 82.1 Å². The number of imidazole rings is 1. The van der Waals surface area contributed by atoms with Crippen molar-refractivity contribution >= 4 is 70.4 Å². The first kappa shape index (κ1) is 80.0. The molecule has 25 nitrogen and oxygen atoms in total. The van der Waals surface area contributed by atoms with E-state index in [1.54, 1.807) is 123 Å². The average molecular weight is 1440 g/mol. The summed E-state index contributed by atoms with van der Waals surface area (Å²) in [5.41, 5.74) is -0.449. The number of benzene rings is 5. The van der Waals surface area contributed by atoms with E-state index in [9.17, 15) is 28.8 Å². The molecule has 0 radical (unpaired) electrons. The van der Waals surface area contributed by atoms with E-state index in [4.69, 9.17) is 28.7 Å². The van der Waals surface area contributed by atoms with Gasteiger partial charge in [-0.05, 0) is 148 Å². The summed E-state index contributed by atoms with van der Waals surface area (Å²) in [5, 5.41) is 17.0. The van der Waals surface area contributed by atoms with Gasteiger partial charge in [0.2, 0.25) is 41.4 Å². The van der Waals surface area contributed by atoms with Crippen LogP contribution in [0.4, 0.5) is 9.59 Å². The molecule has 8 amide bonds. The van der Waals surface area contributed by atoms with Crippen LogP contribution in [0.2, 0.25) is 0 Å². The number of rotatable bonds is 28. The Kier molecular flexibility index (Phi) is 26.1. The summed E-state index contributed by atoms with van der Waals surface area (Å²) in [6.07, 6.45) is 2.07. The summed E-state index contributed by atoms with van der Waals surface area (Å²) in [6, 6.07) is 34.1. The molecule has 7 aromatic rings. The van der Waals surface area contributed by atoms with Crippen LogP contribution in [0.15, 0.2) is 158 Å². The lowest BCUT2D eigenvalue weighted by molar-refractivity contribution is -0.145. The van der Waals surface area contributed by atoms with Crippen LogP contribution in [-0.4, -0.2) is 157 Å². The number of fused-ring (bicyclic) bond motifs is 1. The van der Waals surface area contributed by atoms with Crippen LogP contribution in [0.5, 0.6) is 5.75 Å². The molecule has 0 bridgehead atoms. The predicted molar refractivity (Wildman–Crippen MR) is 394 cm³/mol. The number of ether oxygens (including phenoxy) is 5. The summed E-state index contributed by atoms with van der Waals surface area (Å²) in [5.74, 6) is -6.16. The molecule has 6 N–H and O–H groups in total. The van der Waals surface area contributed by atoms with Crippen LogP contribution in [0.3, 0.4) is 0 Å². The molecule has 560 valence electrons. The lowest BCUT2D eigenvalue weighted by atomic mass is 9.77. The van der Waals surface area contributed by atoms with Crippen LogP contribution in [0.25, 0.3) is 10.9 Å². The normalized spacial score (nSPS) is 15.0. The van der Waals surface area contributed by atoms with Gasteiger partial charge < -0.3 is 60.2 Å². The van der Waals surface area contributed by atoms with E-state index in [1.165, 1.54) is 17.9 Å². The minimum Gasteiger partial charge on any atom is -0.488 e. The van der Waals surface area contributed by atoms with Crippen LogP contribution in [0, 0.1) is 5.92 Å². The van der Waals surface area contributed by atoms with Crippen molar-refractivity contribution in [3.63, 3.8) is 0 Å². The highest BCUT2D eigenvalue weighted by Crippen LogP contribution is 2.41. The third-order valence-electron chi connectivity index (χ3n) is 16.9. The Balaban J connectivity index is 1.21. The second-order valence-electron chi connectivity index (χ2n) is 30.5. The summed E-state index contributed by atoms with van der Waals surface area (Å²) >= 11 is 0. The fourth-order valence-corrected chi connectivity index (χ4v) is 12.3. The number of amides is 8. The maximum absolute atomic E-state index is 15.9. The molecule has 8 rings (SSSR count). The summed E-state index contributed by atoms with van der Waals surface area (Å²) in [6.45, 7) is 23.4. The first-order valence-corrected chi connectivity index (χ1v) is 35.3. The van der Waals surface area contributed by atoms with Gasteiger partial charge in [-0.1, -0.05) is 135 Å². The van der Waals surface area contributed by atoms with Gasteiger partial charge in [-0.15, -0.1) is 0 Å². The van der Waals surface area contributed by atoms with Crippen LogP contribution in [0.1, 0.15) is 150 Å². The zero-order chi connectivity index (χ0) is 76.8. The highest BCUT2D eigenvalue weighted by molar-refractivity contribution is 6.02. The highest BCUT2D eigenvalue weighted by atomic mass is 16.6. The predicted octanol–water partition coefficient (Wildman–Crippen LogP) is 9.17. The van der Waals surface area contributed by atoms with Gasteiger partial charge in [-0.2, -0.15) is 0 Å². The first-order chi connectivity index (χ1) is 49.4. The molecular weight excluding hydrogens is 1340 g/mol. The maximum Gasteiger partial charge on any atom is 0.419 e. The minimum absolute atomic E-state index is 0.0204. The maximum atomic E-state index is 15.9. The zero-order valence-corrected chi connectivity index (χ0v) is 62.6. The van der Waals surface area contributed by atoms with E-state index in [2.05, 4.69) is 31.9 Å². The Labute approximate surface area is 613 Å². The largest absolute Gasteiger partial charge is 0.488 e. The van der Waals surface area contributed by atoms with E-state index < -0.39 is 137 Å². The second-order valence-corrected chi connectivity index (χ2v) is 30.5. The molecule has 3 heterocycles. The Morgan fingerprint density at radius 3 is 1.59 bits per heavy atom. The van der Waals surface area contributed by atoms with E-state index in [1.807, 2.05) is 130 Å². The van der Waals surface area contributed by atoms with Crippen molar-refractivity contribution in [2.45, 2.75) is 200 Å². The van der Waals surface area contributed by atoms with Gasteiger partial charge in [0.05, 0.1) is 43.4 Å². The average Bonchev–Trinajstić information content (AvgIpc) is 1.71. The Bertz CT molecular complexity index is 4110. The van der Waals surface area contributed by atoms with Crippen molar-refractivity contribution in [2.75, 3.05) is 20.3 Å². The van der Waals surface area contributed by atoms with Crippen molar-refractivity contribution in [1.29, 1.82) is 0 Å². The molecule has 1 aliphatic heterocycles. The molecule has 1 fully saturated rings. The van der Waals surface area contributed by atoms with Crippen molar-refractivity contribution < 1.29 is 71.6 Å². The van der Waals surface area contributed by atoms with E-state index in [0.717, 1.165) is 21.6 Å². The van der Waals surface area contributed by atoms with Crippen molar-refractivity contribution in [3.8, 4) is 5.75 Å². The lowest BCUT2D eigenvalue weighted by Gasteiger charge is -2.37. The monoisotopic (exact) mass is 1440 g/mol. The lowest BCUT2D eigenvalue weighted by Crippen LogP contribution is -2.61. The number of imide groups is 1. The topological polar surface area (TPSA) is 315 Å². The molecule has 25 heteroatoms. The van der Waals surface area contributed by atoms with E-state index in [0.29, 0.717) is 27.8 Å². The Morgan fingerprint density at radius 1 is 0.543 bits per heavy atom. The first-order valence-electron chi connectivity index (χ1n) is 35.3. The SMILES string of the molecule is COC(=O)[C@H](CC(C)C)NC(=O)CNC(=O)[C@H](Cc1ccc(OC(C)(C)C)cc1)NC(=O)[C@H](COC(C)(C)C)NC(=O)[C@H](Cc1cn(C(=O)OC(C)(C)C)c2ccccc12)NC(=O)[C@H](Cc1cn(C(c2ccccc2)(c2ccccc2)c2ccccc2)cn1)NC(=O)[C@@H]1CCC(=O)N1C(=O)OC(C)(C)C. The second kappa shape index (κ2) is 34.3. The fraction of sp³-hybridized carbons (Fsp3) is 0.438. The molecular formula is C80H100N10O15. The molecule has 0 unspecified atom stereocenters. The number of hydrogen-bond donors (Lipinski definition) is 6. The molecule has 0 saturated carbocycles. The number of hydrogen-bond acceptors (Lipinski definition) is 16. The van der Waals surface area contributed by atoms with Crippen molar-refractivity contribution in [2.24, 2.45) is 5.92 Å². The number of para-hydroxylation sites is 1.